The summed E-state index contributed by atoms with van der Waals surface area (Å²) >= 11 is 6.28. The number of benzene rings is 2. The second kappa shape index (κ2) is 11.7. The lowest BCUT2D eigenvalue weighted by atomic mass is 9.95. The number of methoxy groups -OCH3 is 3. The number of carbonyl (C=O) groups excluding carboxylic acids is 1. The molecule has 0 saturated carbocycles. The fraction of sp³-hybridized carbons (Fsp3) is 0.333. The van der Waals surface area contributed by atoms with E-state index >= 15 is 0 Å². The van der Waals surface area contributed by atoms with E-state index in [0.717, 1.165) is 28.8 Å². The highest BCUT2D eigenvalue weighted by atomic mass is 35.5. The molecule has 0 radical (unpaired) electrons. The number of halogens is 1. The van der Waals surface area contributed by atoms with Gasteiger partial charge in [-0.25, -0.2) is 4.98 Å². The van der Waals surface area contributed by atoms with E-state index in [0.29, 0.717) is 41.3 Å². The van der Waals surface area contributed by atoms with Gasteiger partial charge in [0.2, 0.25) is 11.8 Å². The van der Waals surface area contributed by atoms with Crippen molar-refractivity contribution < 1.29 is 19.0 Å². The lowest BCUT2D eigenvalue weighted by Crippen LogP contribution is -2.31. The predicted octanol–water partition coefficient (Wildman–Crippen LogP) is 6.51. The zero-order chi connectivity index (χ0) is 26.5. The highest BCUT2D eigenvalue weighted by molar-refractivity contribution is 6.31. The Labute approximate surface area is 223 Å². The molecule has 1 saturated heterocycles. The van der Waals surface area contributed by atoms with Crippen LogP contribution in [0.15, 0.2) is 60.7 Å². The molecule has 1 unspecified atom stereocenters. The maximum atomic E-state index is 13.0. The van der Waals surface area contributed by atoms with Gasteiger partial charge >= 0.3 is 0 Å². The van der Waals surface area contributed by atoms with Crippen LogP contribution in [0.1, 0.15) is 55.0 Å². The summed E-state index contributed by atoms with van der Waals surface area (Å²) in [6, 6.07) is 17.7. The van der Waals surface area contributed by atoms with E-state index in [1.54, 1.807) is 27.4 Å². The van der Waals surface area contributed by atoms with Crippen molar-refractivity contribution in [3.8, 4) is 17.4 Å². The van der Waals surface area contributed by atoms with E-state index in [9.17, 15) is 4.79 Å². The number of likely N-dealkylation sites (tertiary alicyclic amines) is 1. The molecule has 0 aliphatic carbocycles. The van der Waals surface area contributed by atoms with Crippen LogP contribution in [0.4, 0.5) is 0 Å². The molecule has 37 heavy (non-hydrogen) atoms. The number of carbonyl (C=O) groups is 1. The number of amides is 1. The van der Waals surface area contributed by atoms with Crippen molar-refractivity contribution in [3.63, 3.8) is 0 Å². The summed E-state index contributed by atoms with van der Waals surface area (Å²) in [7, 11) is 4.80. The largest absolute Gasteiger partial charge is 0.497 e. The molecule has 6 nitrogen and oxygen atoms in total. The molecule has 3 aromatic rings. The summed E-state index contributed by atoms with van der Waals surface area (Å²) in [5.74, 6) is 2.30. The molecule has 0 bridgehead atoms. The molecule has 1 amide bonds. The van der Waals surface area contributed by atoms with Crippen LogP contribution in [-0.4, -0.2) is 43.2 Å². The van der Waals surface area contributed by atoms with E-state index in [4.69, 9.17) is 25.8 Å². The van der Waals surface area contributed by atoms with Gasteiger partial charge in [0.15, 0.2) is 0 Å². The maximum Gasteiger partial charge on any atom is 0.232 e. The van der Waals surface area contributed by atoms with E-state index in [1.807, 2.05) is 29.2 Å². The minimum atomic E-state index is -0.109. The van der Waals surface area contributed by atoms with Crippen LogP contribution in [0, 0.1) is 0 Å². The summed E-state index contributed by atoms with van der Waals surface area (Å²) in [6.45, 7) is 4.78. The van der Waals surface area contributed by atoms with Crippen molar-refractivity contribution >= 4 is 23.1 Å². The molecule has 2 aromatic carbocycles. The van der Waals surface area contributed by atoms with Gasteiger partial charge in [-0.1, -0.05) is 55.8 Å². The van der Waals surface area contributed by atoms with Gasteiger partial charge in [0.1, 0.15) is 16.5 Å². The van der Waals surface area contributed by atoms with Crippen LogP contribution in [0.2, 0.25) is 5.02 Å². The van der Waals surface area contributed by atoms with Gasteiger partial charge in [-0.2, -0.15) is 0 Å². The number of hydrogen-bond donors (Lipinski definition) is 0. The van der Waals surface area contributed by atoms with E-state index in [2.05, 4.69) is 49.2 Å². The zero-order valence-corrected chi connectivity index (χ0v) is 22.7. The number of nitrogens with zero attached hydrogens (tertiary/aromatic N) is 2. The third-order valence-electron chi connectivity index (χ3n) is 6.74. The fourth-order valence-corrected chi connectivity index (χ4v) is 4.77. The Bertz CT molecular complexity index is 1290. The summed E-state index contributed by atoms with van der Waals surface area (Å²) in [6.07, 6.45) is 3.34. The predicted molar refractivity (Wildman–Crippen MR) is 147 cm³/mol. The number of aromatic nitrogens is 1. The molecule has 4 rings (SSSR count). The minimum Gasteiger partial charge on any atom is -0.497 e. The first-order chi connectivity index (χ1) is 17.8. The van der Waals surface area contributed by atoms with Gasteiger partial charge in [-0.15, -0.1) is 0 Å². The van der Waals surface area contributed by atoms with Crippen LogP contribution in [-0.2, 0) is 11.3 Å². The molecule has 2 heterocycles. The van der Waals surface area contributed by atoms with Crippen LogP contribution in [0.25, 0.3) is 5.57 Å². The Balaban J connectivity index is 1.75. The third kappa shape index (κ3) is 5.91. The van der Waals surface area contributed by atoms with Crippen molar-refractivity contribution in [2.45, 2.75) is 45.2 Å². The first-order valence-electron chi connectivity index (χ1n) is 12.4. The van der Waals surface area contributed by atoms with Gasteiger partial charge in [0, 0.05) is 30.2 Å². The Kier molecular flexibility index (Phi) is 8.39. The average molecular weight is 521 g/mol. The summed E-state index contributed by atoms with van der Waals surface area (Å²) in [4.78, 5) is 19.6. The third-order valence-corrected chi connectivity index (χ3v) is 7.03. The molecule has 1 atom stereocenters. The lowest BCUT2D eigenvalue weighted by molar-refractivity contribution is -0.129. The van der Waals surface area contributed by atoms with Crippen molar-refractivity contribution in [1.29, 1.82) is 0 Å². The molecule has 194 valence electrons. The Morgan fingerprint density at radius 3 is 2.46 bits per heavy atom. The minimum absolute atomic E-state index is 0.107. The normalized spacial score (nSPS) is 15.9. The standard InChI is InChI=1S/C30H33ClN2O4/c1-19(2)20-6-8-21(9-7-20)25(27-14-13-26(31)30(32-27)37-5)16-23-11-15-29(34)33(23)18-22-10-12-24(35-3)17-28(22)36-4/h6-10,12-14,16-17,19,23H,11,15,18H2,1-5H3. The number of hydrogen-bond acceptors (Lipinski definition) is 5. The molecule has 7 heteroatoms. The van der Waals surface area contributed by atoms with Gasteiger partial charge in [-0.05, 0) is 47.7 Å². The van der Waals surface area contributed by atoms with Gasteiger partial charge in [0.05, 0.1) is 33.1 Å². The monoisotopic (exact) mass is 520 g/mol. The second-order valence-corrected chi connectivity index (χ2v) is 9.76. The summed E-state index contributed by atoms with van der Waals surface area (Å²) < 4.78 is 16.3. The van der Waals surface area contributed by atoms with Crippen LogP contribution >= 0.6 is 11.6 Å². The van der Waals surface area contributed by atoms with Crippen LogP contribution < -0.4 is 14.2 Å². The number of rotatable bonds is 9. The number of ether oxygens (including phenoxy) is 3. The van der Waals surface area contributed by atoms with E-state index in [-0.39, 0.29) is 11.9 Å². The van der Waals surface area contributed by atoms with Gasteiger partial charge < -0.3 is 19.1 Å². The Hall–Kier alpha value is -3.51. The van der Waals surface area contributed by atoms with Crippen molar-refractivity contribution in [2.75, 3.05) is 21.3 Å². The highest BCUT2D eigenvalue weighted by Crippen LogP contribution is 2.34. The van der Waals surface area contributed by atoms with E-state index < -0.39 is 0 Å². The summed E-state index contributed by atoms with van der Waals surface area (Å²) in [5, 5.41) is 0.449. The smallest absolute Gasteiger partial charge is 0.232 e. The Morgan fingerprint density at radius 1 is 1.05 bits per heavy atom. The SMILES string of the molecule is COc1ccc(CN2C(=O)CCC2C=C(c2ccc(C(C)C)cc2)c2ccc(Cl)c(OC)n2)c(OC)c1. The fourth-order valence-electron chi connectivity index (χ4n) is 4.59. The lowest BCUT2D eigenvalue weighted by Gasteiger charge is -2.25. The number of pyridine rings is 1. The summed E-state index contributed by atoms with van der Waals surface area (Å²) in [5.41, 5.74) is 4.86. The van der Waals surface area contributed by atoms with Crippen LogP contribution in [0.3, 0.4) is 0 Å². The van der Waals surface area contributed by atoms with E-state index in [1.165, 1.54) is 5.56 Å². The first-order valence-corrected chi connectivity index (χ1v) is 12.8. The molecule has 0 spiro atoms. The molecule has 0 N–H and O–H groups in total. The topological polar surface area (TPSA) is 60.9 Å². The molecule has 1 aliphatic heterocycles. The maximum absolute atomic E-state index is 13.0. The zero-order valence-electron chi connectivity index (χ0n) is 22.0. The Morgan fingerprint density at radius 2 is 1.81 bits per heavy atom. The highest BCUT2D eigenvalue weighted by Gasteiger charge is 2.31. The van der Waals surface area contributed by atoms with Crippen molar-refractivity contribution in [3.05, 3.63) is 88.1 Å². The van der Waals surface area contributed by atoms with Gasteiger partial charge in [-0.3, -0.25) is 4.79 Å². The molecular weight excluding hydrogens is 488 g/mol. The van der Waals surface area contributed by atoms with Gasteiger partial charge in [0.25, 0.3) is 0 Å². The average Bonchev–Trinajstić information content (AvgIpc) is 3.26. The van der Waals surface area contributed by atoms with Crippen molar-refractivity contribution in [1.82, 2.24) is 9.88 Å². The molecular formula is C30H33ClN2O4. The quantitative estimate of drug-likeness (QED) is 0.322. The second-order valence-electron chi connectivity index (χ2n) is 9.35. The molecule has 1 aromatic heterocycles. The molecule has 1 aliphatic rings. The molecule has 1 fully saturated rings. The first kappa shape index (κ1) is 26.6. The van der Waals surface area contributed by atoms with Crippen molar-refractivity contribution in [2.24, 2.45) is 0 Å². The van der Waals surface area contributed by atoms with Crippen LogP contribution in [0.5, 0.6) is 17.4 Å².